The molecule has 1 atom stereocenters. The Hall–Kier alpha value is -3.26. The van der Waals surface area contributed by atoms with Gasteiger partial charge in [-0.25, -0.2) is 19.9 Å². The van der Waals surface area contributed by atoms with Gasteiger partial charge in [0.2, 0.25) is 5.95 Å². The summed E-state index contributed by atoms with van der Waals surface area (Å²) in [5.74, 6) is 1.60. The molecule has 4 heterocycles. The highest BCUT2D eigenvalue weighted by Gasteiger charge is 2.32. The van der Waals surface area contributed by atoms with Gasteiger partial charge >= 0.3 is 0 Å². The predicted molar refractivity (Wildman–Crippen MR) is 107 cm³/mol. The molecule has 3 aromatic heterocycles. The summed E-state index contributed by atoms with van der Waals surface area (Å²) in [4.78, 5) is 27.4. The average Bonchev–Trinajstić information content (AvgIpc) is 3.35. The topological polar surface area (TPSA) is 98.4 Å². The molecule has 142 valence electrons. The van der Waals surface area contributed by atoms with Crippen LogP contribution in [0.15, 0.2) is 43.0 Å². The maximum Gasteiger partial charge on any atom is 0.222 e. The van der Waals surface area contributed by atoms with E-state index in [0.717, 1.165) is 47.6 Å². The van der Waals surface area contributed by atoms with E-state index < -0.39 is 0 Å². The Bertz CT molecular complexity index is 1050. The van der Waals surface area contributed by atoms with Crippen molar-refractivity contribution in [1.29, 1.82) is 0 Å². The van der Waals surface area contributed by atoms with Crippen LogP contribution in [0.2, 0.25) is 0 Å². The van der Waals surface area contributed by atoms with Crippen LogP contribution >= 0.6 is 0 Å². The summed E-state index contributed by atoms with van der Waals surface area (Å²) in [6.07, 6.45) is 6.49. The second kappa shape index (κ2) is 7.05. The summed E-state index contributed by atoms with van der Waals surface area (Å²) in [7, 11) is 0. The number of anilines is 1. The molecule has 0 radical (unpaired) electrons. The minimum Gasteiger partial charge on any atom is -0.355 e. The Morgan fingerprint density at radius 1 is 1.18 bits per heavy atom. The quantitative estimate of drug-likeness (QED) is 0.497. The second-order valence-electron chi connectivity index (χ2n) is 6.96. The smallest absolute Gasteiger partial charge is 0.222 e. The number of aromatic nitrogens is 6. The van der Waals surface area contributed by atoms with Crippen LogP contribution < -0.4 is 5.32 Å². The zero-order valence-electron chi connectivity index (χ0n) is 15.7. The molecule has 0 spiro atoms. The minimum atomic E-state index is -0.00103. The van der Waals surface area contributed by atoms with E-state index in [1.165, 1.54) is 5.69 Å². The molecular weight excluding hydrogens is 352 g/mol. The molecule has 3 N–H and O–H groups in total. The number of nitrogens with zero attached hydrogens (tertiary/aromatic N) is 5. The van der Waals surface area contributed by atoms with E-state index in [1.807, 2.05) is 37.5 Å². The van der Waals surface area contributed by atoms with Gasteiger partial charge in [-0.1, -0.05) is 12.1 Å². The van der Waals surface area contributed by atoms with Crippen LogP contribution in [0.3, 0.4) is 0 Å². The molecule has 0 aliphatic carbocycles. The summed E-state index contributed by atoms with van der Waals surface area (Å²) < 4.78 is 0. The first-order valence-electron chi connectivity index (χ1n) is 9.57. The van der Waals surface area contributed by atoms with Gasteiger partial charge < -0.3 is 15.3 Å². The maximum atomic E-state index is 4.75. The van der Waals surface area contributed by atoms with Crippen LogP contribution in [-0.2, 0) is 13.0 Å². The molecule has 5 rings (SSSR count). The van der Waals surface area contributed by atoms with Gasteiger partial charge in [0, 0.05) is 43.2 Å². The number of rotatable bonds is 5. The molecule has 0 saturated carbocycles. The van der Waals surface area contributed by atoms with E-state index in [-0.39, 0.29) is 6.04 Å². The molecule has 1 aliphatic heterocycles. The van der Waals surface area contributed by atoms with Crippen LogP contribution in [-0.4, -0.2) is 47.9 Å². The highest BCUT2D eigenvalue weighted by Crippen LogP contribution is 2.33. The summed E-state index contributed by atoms with van der Waals surface area (Å²) in [6, 6.07) is 8.11. The van der Waals surface area contributed by atoms with E-state index in [0.29, 0.717) is 12.5 Å². The van der Waals surface area contributed by atoms with Crippen molar-refractivity contribution in [2.45, 2.75) is 25.9 Å². The molecular formula is C20H22N8. The lowest BCUT2D eigenvalue weighted by atomic mass is 9.97. The number of benzene rings is 1. The number of hydrogen-bond donors (Lipinski definition) is 3. The van der Waals surface area contributed by atoms with Crippen LogP contribution in [0.25, 0.3) is 11.0 Å². The first-order valence-corrected chi connectivity index (χ1v) is 9.57. The molecule has 0 saturated heterocycles. The van der Waals surface area contributed by atoms with Gasteiger partial charge in [-0.3, -0.25) is 4.90 Å². The summed E-state index contributed by atoms with van der Waals surface area (Å²) in [5.41, 5.74) is 5.31. The lowest BCUT2D eigenvalue weighted by molar-refractivity contribution is 0.195. The van der Waals surface area contributed by atoms with Crippen molar-refractivity contribution >= 4 is 17.0 Å². The van der Waals surface area contributed by atoms with E-state index in [9.17, 15) is 0 Å². The van der Waals surface area contributed by atoms with Gasteiger partial charge in [0.05, 0.1) is 35.6 Å². The lowest BCUT2D eigenvalue weighted by Crippen LogP contribution is -2.36. The zero-order valence-corrected chi connectivity index (χ0v) is 15.7. The van der Waals surface area contributed by atoms with Gasteiger partial charge in [0.25, 0.3) is 0 Å². The number of para-hydroxylation sites is 2. The second-order valence-corrected chi connectivity index (χ2v) is 6.96. The maximum absolute atomic E-state index is 4.75. The molecule has 1 aliphatic rings. The Morgan fingerprint density at radius 3 is 2.86 bits per heavy atom. The SMILES string of the molecule is CCNc1ncc([C@@H]2c3nc[nH]c3CCN2Cc2nc3ccccc3[nH]2)cn1. The molecule has 0 fully saturated rings. The van der Waals surface area contributed by atoms with Crippen molar-refractivity contribution < 1.29 is 0 Å². The van der Waals surface area contributed by atoms with Crippen molar-refractivity contribution in [3.63, 3.8) is 0 Å². The highest BCUT2D eigenvalue weighted by molar-refractivity contribution is 5.74. The lowest BCUT2D eigenvalue weighted by Gasteiger charge is -2.34. The van der Waals surface area contributed by atoms with Gasteiger partial charge in [-0.15, -0.1) is 0 Å². The van der Waals surface area contributed by atoms with E-state index >= 15 is 0 Å². The van der Waals surface area contributed by atoms with Crippen molar-refractivity contribution in [1.82, 2.24) is 34.8 Å². The first-order chi connectivity index (χ1) is 13.8. The predicted octanol–water partition coefficient (Wildman–Crippen LogP) is 2.66. The van der Waals surface area contributed by atoms with Gasteiger partial charge in [0.1, 0.15) is 5.82 Å². The fraction of sp³-hybridized carbons (Fsp3) is 0.300. The molecule has 4 aromatic rings. The Labute approximate surface area is 162 Å². The fourth-order valence-electron chi connectivity index (χ4n) is 3.87. The van der Waals surface area contributed by atoms with Crippen LogP contribution in [0.4, 0.5) is 5.95 Å². The number of hydrogen-bond acceptors (Lipinski definition) is 6. The summed E-state index contributed by atoms with van der Waals surface area (Å²) >= 11 is 0. The van der Waals surface area contributed by atoms with Crippen LogP contribution in [0.5, 0.6) is 0 Å². The number of imidazole rings is 2. The third-order valence-corrected chi connectivity index (χ3v) is 5.14. The fourth-order valence-corrected chi connectivity index (χ4v) is 3.87. The molecule has 0 unspecified atom stereocenters. The first kappa shape index (κ1) is 16.9. The Balaban J connectivity index is 1.48. The minimum absolute atomic E-state index is 0.00103. The molecule has 0 amide bonds. The van der Waals surface area contributed by atoms with Crippen molar-refractivity contribution in [2.24, 2.45) is 0 Å². The van der Waals surface area contributed by atoms with Gasteiger partial charge in [-0.2, -0.15) is 0 Å². The third-order valence-electron chi connectivity index (χ3n) is 5.14. The Kier molecular flexibility index (Phi) is 4.25. The van der Waals surface area contributed by atoms with Crippen LogP contribution in [0.1, 0.15) is 35.7 Å². The summed E-state index contributed by atoms with van der Waals surface area (Å²) in [6.45, 7) is 4.44. The standard InChI is InChI=1S/C20H22N8/c1-2-21-20-22-9-13(10-23-20)19-18-16(24-12-25-18)7-8-28(19)11-17-26-14-5-3-4-6-15(14)27-17/h3-6,9-10,12,19H,2,7-8,11H2,1H3,(H,24,25)(H,26,27)(H,21,22,23)/t19-/m1/s1. The average molecular weight is 374 g/mol. The van der Waals surface area contributed by atoms with E-state index in [1.54, 1.807) is 6.33 Å². The van der Waals surface area contributed by atoms with Gasteiger partial charge in [0.15, 0.2) is 0 Å². The monoisotopic (exact) mass is 374 g/mol. The van der Waals surface area contributed by atoms with Gasteiger partial charge in [-0.05, 0) is 19.1 Å². The molecule has 1 aromatic carbocycles. The highest BCUT2D eigenvalue weighted by atomic mass is 15.2. The molecule has 28 heavy (non-hydrogen) atoms. The number of H-pyrrole nitrogens is 2. The van der Waals surface area contributed by atoms with E-state index in [4.69, 9.17) is 4.98 Å². The largest absolute Gasteiger partial charge is 0.355 e. The van der Waals surface area contributed by atoms with Crippen molar-refractivity contribution in [3.05, 3.63) is 65.8 Å². The van der Waals surface area contributed by atoms with Crippen molar-refractivity contribution in [2.75, 3.05) is 18.4 Å². The third kappa shape index (κ3) is 3.01. The normalized spacial score (nSPS) is 17.0. The molecule has 8 heteroatoms. The molecule has 0 bridgehead atoms. The number of nitrogens with one attached hydrogen (secondary N) is 3. The molecule has 8 nitrogen and oxygen atoms in total. The van der Waals surface area contributed by atoms with E-state index in [2.05, 4.69) is 41.2 Å². The number of aromatic amines is 2. The van der Waals surface area contributed by atoms with Crippen molar-refractivity contribution in [3.8, 4) is 0 Å². The van der Waals surface area contributed by atoms with Crippen LogP contribution in [0, 0.1) is 0 Å². The number of fused-ring (bicyclic) bond motifs is 2. The summed E-state index contributed by atoms with van der Waals surface area (Å²) in [5, 5.41) is 3.15. The Morgan fingerprint density at radius 2 is 2.04 bits per heavy atom. The zero-order chi connectivity index (χ0) is 18.9.